The van der Waals surface area contributed by atoms with E-state index in [-0.39, 0.29) is 0 Å². The van der Waals surface area contributed by atoms with Gasteiger partial charge in [0.05, 0.1) is 17.1 Å². The standard InChI is InChI=1S/C13H15N3/c1-9-5-7-10(8-6-9)16-13-11(14)3-2-4-12(13)15/h2-8,16H,14-15H2,1H3. The van der Waals surface area contributed by atoms with Gasteiger partial charge < -0.3 is 16.8 Å². The van der Waals surface area contributed by atoms with Crippen LogP contribution in [0.3, 0.4) is 0 Å². The maximum absolute atomic E-state index is 5.86. The van der Waals surface area contributed by atoms with Crippen LogP contribution in [-0.2, 0) is 0 Å². The van der Waals surface area contributed by atoms with Crippen LogP contribution in [0.15, 0.2) is 42.5 Å². The predicted octanol–water partition coefficient (Wildman–Crippen LogP) is 2.90. The van der Waals surface area contributed by atoms with E-state index in [1.807, 2.05) is 42.5 Å². The third-order valence-corrected chi connectivity index (χ3v) is 2.45. The van der Waals surface area contributed by atoms with Crippen LogP contribution in [0.25, 0.3) is 0 Å². The summed E-state index contributed by atoms with van der Waals surface area (Å²) in [5.41, 5.74) is 16.0. The normalized spacial score (nSPS) is 10.1. The van der Waals surface area contributed by atoms with Crippen molar-refractivity contribution < 1.29 is 0 Å². The first-order chi connectivity index (χ1) is 7.66. The monoisotopic (exact) mass is 213 g/mol. The number of hydrogen-bond donors (Lipinski definition) is 3. The van der Waals surface area contributed by atoms with Gasteiger partial charge in [-0.15, -0.1) is 0 Å². The second kappa shape index (κ2) is 4.14. The van der Waals surface area contributed by atoms with Gasteiger partial charge in [0, 0.05) is 5.69 Å². The summed E-state index contributed by atoms with van der Waals surface area (Å²) < 4.78 is 0. The van der Waals surface area contributed by atoms with Gasteiger partial charge in [-0.25, -0.2) is 0 Å². The highest BCUT2D eigenvalue weighted by Gasteiger charge is 2.03. The second-order valence-corrected chi connectivity index (χ2v) is 3.80. The van der Waals surface area contributed by atoms with Crippen molar-refractivity contribution in [3.05, 3.63) is 48.0 Å². The van der Waals surface area contributed by atoms with Crippen LogP contribution in [0.1, 0.15) is 5.56 Å². The highest BCUT2D eigenvalue weighted by molar-refractivity contribution is 5.83. The van der Waals surface area contributed by atoms with Crippen LogP contribution in [0.2, 0.25) is 0 Å². The summed E-state index contributed by atoms with van der Waals surface area (Å²) in [5.74, 6) is 0. The van der Waals surface area contributed by atoms with Crippen molar-refractivity contribution in [2.24, 2.45) is 0 Å². The molecule has 0 spiro atoms. The first kappa shape index (κ1) is 10.4. The largest absolute Gasteiger partial charge is 0.397 e. The third-order valence-electron chi connectivity index (χ3n) is 2.45. The van der Waals surface area contributed by atoms with E-state index in [4.69, 9.17) is 11.5 Å². The maximum Gasteiger partial charge on any atom is 0.0851 e. The van der Waals surface area contributed by atoms with Crippen LogP contribution in [0.5, 0.6) is 0 Å². The van der Waals surface area contributed by atoms with Gasteiger partial charge in [0.15, 0.2) is 0 Å². The van der Waals surface area contributed by atoms with Gasteiger partial charge in [0.1, 0.15) is 0 Å². The van der Waals surface area contributed by atoms with E-state index < -0.39 is 0 Å². The molecule has 0 fully saturated rings. The van der Waals surface area contributed by atoms with E-state index in [9.17, 15) is 0 Å². The van der Waals surface area contributed by atoms with Gasteiger partial charge in [-0.05, 0) is 31.2 Å². The van der Waals surface area contributed by atoms with Crippen LogP contribution in [0.4, 0.5) is 22.7 Å². The summed E-state index contributed by atoms with van der Waals surface area (Å²) in [6, 6.07) is 13.6. The topological polar surface area (TPSA) is 64.1 Å². The molecule has 2 aromatic rings. The Kier molecular flexibility index (Phi) is 2.68. The molecule has 0 atom stereocenters. The molecule has 16 heavy (non-hydrogen) atoms. The molecule has 0 aliphatic carbocycles. The van der Waals surface area contributed by atoms with Crippen LogP contribution >= 0.6 is 0 Å². The fourth-order valence-corrected chi connectivity index (χ4v) is 1.51. The van der Waals surface area contributed by atoms with Crippen molar-refractivity contribution in [3.63, 3.8) is 0 Å². The first-order valence-corrected chi connectivity index (χ1v) is 5.14. The number of hydrogen-bond acceptors (Lipinski definition) is 3. The first-order valence-electron chi connectivity index (χ1n) is 5.14. The molecule has 82 valence electrons. The molecule has 0 aliphatic heterocycles. The summed E-state index contributed by atoms with van der Waals surface area (Å²) in [6.45, 7) is 2.05. The van der Waals surface area contributed by atoms with Crippen LogP contribution in [0, 0.1) is 6.92 Å². The summed E-state index contributed by atoms with van der Waals surface area (Å²) >= 11 is 0. The fraction of sp³-hybridized carbons (Fsp3) is 0.0769. The van der Waals surface area contributed by atoms with Gasteiger partial charge in [-0.2, -0.15) is 0 Å². The van der Waals surface area contributed by atoms with Crippen molar-refractivity contribution in [1.29, 1.82) is 0 Å². The lowest BCUT2D eigenvalue weighted by Crippen LogP contribution is -2.00. The Morgan fingerprint density at radius 3 is 2.00 bits per heavy atom. The minimum atomic E-state index is 0.653. The Balaban J connectivity index is 2.30. The van der Waals surface area contributed by atoms with Gasteiger partial charge in [0.25, 0.3) is 0 Å². The van der Waals surface area contributed by atoms with Gasteiger partial charge in [0.2, 0.25) is 0 Å². The molecule has 3 nitrogen and oxygen atoms in total. The SMILES string of the molecule is Cc1ccc(Nc2c(N)cccc2N)cc1. The molecule has 0 saturated carbocycles. The quantitative estimate of drug-likeness (QED) is 0.672. The van der Waals surface area contributed by atoms with Crippen molar-refractivity contribution >= 4 is 22.7 Å². The molecule has 0 aromatic heterocycles. The van der Waals surface area contributed by atoms with E-state index in [2.05, 4.69) is 12.2 Å². The zero-order chi connectivity index (χ0) is 11.5. The van der Waals surface area contributed by atoms with E-state index in [1.54, 1.807) is 0 Å². The molecule has 0 bridgehead atoms. The van der Waals surface area contributed by atoms with E-state index in [0.29, 0.717) is 11.4 Å². The van der Waals surface area contributed by atoms with E-state index in [0.717, 1.165) is 11.4 Å². The zero-order valence-corrected chi connectivity index (χ0v) is 9.20. The molecule has 0 radical (unpaired) electrons. The summed E-state index contributed by atoms with van der Waals surface area (Å²) in [5, 5.41) is 3.22. The number of para-hydroxylation sites is 1. The molecule has 2 aromatic carbocycles. The minimum absolute atomic E-state index is 0.653. The van der Waals surface area contributed by atoms with Gasteiger partial charge in [-0.1, -0.05) is 23.8 Å². The van der Waals surface area contributed by atoms with Crippen molar-refractivity contribution in [3.8, 4) is 0 Å². The maximum atomic E-state index is 5.86. The van der Waals surface area contributed by atoms with Gasteiger partial charge in [-0.3, -0.25) is 0 Å². The second-order valence-electron chi connectivity index (χ2n) is 3.80. The molecule has 0 saturated heterocycles. The molecule has 0 aliphatic rings. The number of benzene rings is 2. The highest BCUT2D eigenvalue weighted by Crippen LogP contribution is 2.28. The number of nitrogen functional groups attached to an aromatic ring is 2. The molecule has 0 unspecified atom stereocenters. The minimum Gasteiger partial charge on any atom is -0.397 e. The number of nitrogens with one attached hydrogen (secondary N) is 1. The van der Waals surface area contributed by atoms with Crippen molar-refractivity contribution in [1.82, 2.24) is 0 Å². The molecule has 3 heteroatoms. The summed E-state index contributed by atoms with van der Waals surface area (Å²) in [4.78, 5) is 0. The lowest BCUT2D eigenvalue weighted by Gasteiger charge is -2.11. The van der Waals surface area contributed by atoms with Crippen molar-refractivity contribution in [2.45, 2.75) is 6.92 Å². The van der Waals surface area contributed by atoms with Crippen LogP contribution < -0.4 is 16.8 Å². The van der Waals surface area contributed by atoms with E-state index >= 15 is 0 Å². The lowest BCUT2D eigenvalue weighted by atomic mass is 10.2. The fourth-order valence-electron chi connectivity index (χ4n) is 1.51. The molecular formula is C13H15N3. The molecule has 0 amide bonds. The predicted molar refractivity (Wildman–Crippen MR) is 69.7 cm³/mol. The Hall–Kier alpha value is -2.16. The number of nitrogens with two attached hydrogens (primary N) is 2. The van der Waals surface area contributed by atoms with Gasteiger partial charge >= 0.3 is 0 Å². The summed E-state index contributed by atoms with van der Waals surface area (Å²) in [6.07, 6.45) is 0. The lowest BCUT2D eigenvalue weighted by molar-refractivity contribution is 1.45. The molecular weight excluding hydrogens is 198 g/mol. The zero-order valence-electron chi connectivity index (χ0n) is 9.20. The third kappa shape index (κ3) is 2.08. The Labute approximate surface area is 95.1 Å². The average molecular weight is 213 g/mol. The number of aryl methyl sites for hydroxylation is 1. The summed E-state index contributed by atoms with van der Waals surface area (Å²) in [7, 11) is 0. The number of anilines is 4. The number of rotatable bonds is 2. The Bertz CT molecular complexity index is 469. The van der Waals surface area contributed by atoms with Crippen molar-refractivity contribution in [2.75, 3.05) is 16.8 Å². The Morgan fingerprint density at radius 1 is 0.875 bits per heavy atom. The smallest absolute Gasteiger partial charge is 0.0851 e. The highest BCUT2D eigenvalue weighted by atomic mass is 14.9. The average Bonchev–Trinajstić information content (AvgIpc) is 2.26. The van der Waals surface area contributed by atoms with Crippen LogP contribution in [-0.4, -0.2) is 0 Å². The Morgan fingerprint density at radius 2 is 1.44 bits per heavy atom. The molecule has 2 rings (SSSR count). The molecule has 5 N–H and O–H groups in total. The van der Waals surface area contributed by atoms with E-state index in [1.165, 1.54) is 5.56 Å². The molecule has 0 heterocycles.